The predicted molar refractivity (Wildman–Crippen MR) is 80.2 cm³/mol. The Morgan fingerprint density at radius 2 is 1.96 bits per heavy atom. The number of hydrogen-bond donors (Lipinski definition) is 2. The van der Waals surface area contributed by atoms with Crippen LogP contribution in [0, 0.1) is 5.82 Å². The number of hydrogen-bond acceptors (Lipinski definition) is 5. The molecule has 0 bridgehead atoms. The van der Waals surface area contributed by atoms with Crippen molar-refractivity contribution in [2.24, 2.45) is 0 Å². The van der Waals surface area contributed by atoms with Crippen molar-refractivity contribution in [1.82, 2.24) is 5.32 Å². The number of aliphatic carboxylic acids is 1. The number of carbonyl (C=O) groups excluding carboxylic acids is 1. The molecule has 2 rings (SSSR count). The van der Waals surface area contributed by atoms with E-state index >= 15 is 0 Å². The van der Waals surface area contributed by atoms with Crippen LogP contribution < -0.4 is 10.1 Å². The Bertz CT molecular complexity index is 697. The van der Waals surface area contributed by atoms with Crippen molar-refractivity contribution >= 4 is 11.9 Å². The Kier molecular flexibility index (Phi) is 5.91. The average molecular weight is 337 g/mol. The highest BCUT2D eigenvalue weighted by Crippen LogP contribution is 2.15. The summed E-state index contributed by atoms with van der Waals surface area (Å²) >= 11 is 0. The topological polar surface area (TPSA) is 98.0 Å². The lowest BCUT2D eigenvalue weighted by molar-refractivity contribution is -0.148. The van der Waals surface area contributed by atoms with Crippen LogP contribution in [0.3, 0.4) is 0 Å². The number of halogens is 1. The number of ether oxygens (including phenoxy) is 2. The monoisotopic (exact) mass is 337 g/mol. The van der Waals surface area contributed by atoms with Crippen LogP contribution in [0.25, 0.3) is 0 Å². The van der Waals surface area contributed by atoms with Crippen molar-refractivity contribution in [2.45, 2.75) is 12.7 Å². The van der Waals surface area contributed by atoms with Gasteiger partial charge in [-0.2, -0.15) is 0 Å². The van der Waals surface area contributed by atoms with Gasteiger partial charge in [-0.05, 0) is 36.4 Å². The second-order valence-corrected chi connectivity index (χ2v) is 4.78. The summed E-state index contributed by atoms with van der Waals surface area (Å²) in [6.45, 7) is -0.123. The zero-order valence-corrected chi connectivity index (χ0v) is 12.8. The van der Waals surface area contributed by atoms with Crippen molar-refractivity contribution in [3.63, 3.8) is 0 Å². The van der Waals surface area contributed by atoms with E-state index in [2.05, 4.69) is 5.32 Å². The zero-order valence-electron chi connectivity index (χ0n) is 12.8. The molecule has 8 heteroatoms. The van der Waals surface area contributed by atoms with Crippen molar-refractivity contribution in [3.05, 3.63) is 53.7 Å². The first-order valence-corrected chi connectivity index (χ1v) is 7.00. The predicted octanol–water partition coefficient (Wildman–Crippen LogP) is 1.83. The highest BCUT2D eigenvalue weighted by molar-refractivity contribution is 5.91. The molecule has 24 heavy (non-hydrogen) atoms. The number of carboxylic acids is 1. The summed E-state index contributed by atoms with van der Waals surface area (Å²) in [7, 11) is 1.24. The standard InChI is InChI=1S/C16H16FNO6/c1-22-14(16(20)21)8-18-15(19)13-7-6-12(24-13)9-23-11-4-2-10(17)3-5-11/h2-7,14H,8-9H2,1H3,(H,18,19)(H,20,21). The Labute approximate surface area is 137 Å². The normalized spacial score (nSPS) is 11.8. The molecule has 1 aromatic heterocycles. The molecule has 0 aliphatic carbocycles. The summed E-state index contributed by atoms with van der Waals surface area (Å²) in [4.78, 5) is 22.7. The van der Waals surface area contributed by atoms with E-state index in [1.807, 2.05) is 0 Å². The van der Waals surface area contributed by atoms with Crippen molar-refractivity contribution in [3.8, 4) is 5.75 Å². The number of amides is 1. The number of carboxylic acid groups (broad SMARTS) is 1. The molecular formula is C16H16FNO6. The average Bonchev–Trinajstić information content (AvgIpc) is 3.03. The smallest absolute Gasteiger partial charge is 0.334 e. The summed E-state index contributed by atoms with van der Waals surface area (Å²) in [6.07, 6.45) is -1.13. The summed E-state index contributed by atoms with van der Waals surface area (Å²) < 4.78 is 28.2. The minimum Gasteiger partial charge on any atom is -0.486 e. The van der Waals surface area contributed by atoms with E-state index in [0.717, 1.165) is 0 Å². The molecule has 7 nitrogen and oxygen atoms in total. The molecule has 1 heterocycles. The van der Waals surface area contributed by atoms with E-state index in [1.165, 1.54) is 37.4 Å². The Hall–Kier alpha value is -2.87. The highest BCUT2D eigenvalue weighted by Gasteiger charge is 2.19. The lowest BCUT2D eigenvalue weighted by Crippen LogP contribution is -2.37. The van der Waals surface area contributed by atoms with Gasteiger partial charge >= 0.3 is 5.97 Å². The van der Waals surface area contributed by atoms with Gasteiger partial charge in [-0.25, -0.2) is 9.18 Å². The van der Waals surface area contributed by atoms with Gasteiger partial charge in [0.15, 0.2) is 11.9 Å². The summed E-state index contributed by atoms with van der Waals surface area (Å²) in [5.74, 6) is -1.23. The molecule has 1 atom stereocenters. The molecular weight excluding hydrogens is 321 g/mol. The van der Waals surface area contributed by atoms with E-state index in [9.17, 15) is 14.0 Å². The molecule has 0 aliphatic rings. The van der Waals surface area contributed by atoms with Gasteiger partial charge in [-0.3, -0.25) is 4.79 Å². The Morgan fingerprint density at radius 3 is 2.58 bits per heavy atom. The van der Waals surface area contributed by atoms with Crippen LogP contribution in [0.1, 0.15) is 16.3 Å². The number of methoxy groups -OCH3 is 1. The summed E-state index contributed by atoms with van der Waals surface area (Å²) in [6, 6.07) is 8.49. The third-order valence-corrected chi connectivity index (χ3v) is 3.09. The number of nitrogens with one attached hydrogen (secondary N) is 1. The number of benzene rings is 1. The second-order valence-electron chi connectivity index (χ2n) is 4.78. The maximum absolute atomic E-state index is 12.8. The minimum atomic E-state index is -1.18. The third kappa shape index (κ3) is 4.82. The molecule has 0 saturated carbocycles. The fraction of sp³-hybridized carbons (Fsp3) is 0.250. The molecule has 0 spiro atoms. The van der Waals surface area contributed by atoms with E-state index in [-0.39, 0.29) is 24.7 Å². The van der Waals surface area contributed by atoms with Gasteiger partial charge in [0.1, 0.15) is 23.9 Å². The van der Waals surface area contributed by atoms with E-state index in [1.54, 1.807) is 6.07 Å². The fourth-order valence-corrected chi connectivity index (χ4v) is 1.81. The van der Waals surface area contributed by atoms with Crippen LogP contribution in [-0.2, 0) is 16.1 Å². The molecule has 1 unspecified atom stereocenters. The first kappa shape index (κ1) is 17.5. The quantitative estimate of drug-likeness (QED) is 0.762. The first-order chi connectivity index (χ1) is 11.5. The number of furan rings is 1. The van der Waals surface area contributed by atoms with Crippen LogP contribution >= 0.6 is 0 Å². The van der Waals surface area contributed by atoms with Crippen molar-refractivity contribution in [2.75, 3.05) is 13.7 Å². The lowest BCUT2D eigenvalue weighted by atomic mass is 10.3. The van der Waals surface area contributed by atoms with E-state index in [0.29, 0.717) is 11.5 Å². The fourth-order valence-electron chi connectivity index (χ4n) is 1.81. The van der Waals surface area contributed by atoms with Gasteiger partial charge in [0.2, 0.25) is 0 Å². The van der Waals surface area contributed by atoms with Gasteiger partial charge in [0, 0.05) is 7.11 Å². The van der Waals surface area contributed by atoms with Gasteiger partial charge < -0.3 is 24.3 Å². The van der Waals surface area contributed by atoms with Gasteiger partial charge in [-0.1, -0.05) is 0 Å². The van der Waals surface area contributed by atoms with E-state index in [4.69, 9.17) is 19.0 Å². The molecule has 0 radical (unpaired) electrons. The minimum absolute atomic E-state index is 0.0212. The molecule has 0 fully saturated rings. The molecule has 2 N–H and O–H groups in total. The molecule has 128 valence electrons. The Morgan fingerprint density at radius 1 is 1.25 bits per heavy atom. The van der Waals surface area contributed by atoms with Crippen molar-refractivity contribution < 1.29 is 33.0 Å². The molecule has 2 aromatic rings. The van der Waals surface area contributed by atoms with Crippen molar-refractivity contribution in [1.29, 1.82) is 0 Å². The molecule has 0 saturated heterocycles. The first-order valence-electron chi connectivity index (χ1n) is 7.00. The second kappa shape index (κ2) is 8.11. The number of carbonyl (C=O) groups is 2. The maximum atomic E-state index is 12.8. The van der Waals surface area contributed by atoms with Crippen LogP contribution in [0.2, 0.25) is 0 Å². The molecule has 1 amide bonds. The van der Waals surface area contributed by atoms with E-state index < -0.39 is 18.0 Å². The SMILES string of the molecule is COC(CNC(=O)c1ccc(COc2ccc(F)cc2)o1)C(=O)O. The van der Waals surface area contributed by atoms with Gasteiger partial charge in [0.25, 0.3) is 5.91 Å². The van der Waals surface area contributed by atoms with Crippen LogP contribution in [0.4, 0.5) is 4.39 Å². The Balaban J connectivity index is 1.86. The molecule has 0 aliphatic heterocycles. The van der Waals surface area contributed by atoms with Gasteiger partial charge in [0.05, 0.1) is 6.54 Å². The highest BCUT2D eigenvalue weighted by atomic mass is 19.1. The lowest BCUT2D eigenvalue weighted by Gasteiger charge is -2.10. The summed E-state index contributed by atoms with van der Waals surface area (Å²) in [5.41, 5.74) is 0. The third-order valence-electron chi connectivity index (χ3n) is 3.09. The van der Waals surface area contributed by atoms with Crippen LogP contribution in [0.5, 0.6) is 5.75 Å². The summed E-state index contributed by atoms with van der Waals surface area (Å²) in [5, 5.41) is 11.2. The zero-order chi connectivity index (χ0) is 17.5. The maximum Gasteiger partial charge on any atom is 0.334 e. The van der Waals surface area contributed by atoms with Crippen LogP contribution in [0.15, 0.2) is 40.8 Å². The molecule has 1 aromatic carbocycles. The largest absolute Gasteiger partial charge is 0.486 e. The van der Waals surface area contributed by atoms with Crippen LogP contribution in [-0.4, -0.2) is 36.7 Å². The number of rotatable bonds is 8. The van der Waals surface area contributed by atoms with Gasteiger partial charge in [-0.15, -0.1) is 0 Å².